The minimum atomic E-state index is -3.93. The van der Waals surface area contributed by atoms with Crippen molar-refractivity contribution in [3.05, 3.63) is 76.7 Å². The highest BCUT2D eigenvalue weighted by Gasteiger charge is 2.32. The van der Waals surface area contributed by atoms with Crippen molar-refractivity contribution in [3.63, 3.8) is 0 Å². The molecule has 0 saturated carbocycles. The van der Waals surface area contributed by atoms with Gasteiger partial charge in [0.25, 0.3) is 0 Å². The normalized spacial score (nSPS) is 15.5. The highest BCUT2D eigenvalue weighted by Crippen LogP contribution is 2.27. The lowest BCUT2D eigenvalue weighted by molar-refractivity contribution is 0.489. The molecule has 0 bridgehead atoms. The largest absolute Gasteiger partial charge is 0.250 e. The van der Waals surface area contributed by atoms with Gasteiger partial charge in [0.05, 0.1) is 16.3 Å². The third-order valence-electron chi connectivity index (χ3n) is 4.83. The van der Waals surface area contributed by atoms with Gasteiger partial charge in [-0.15, -0.1) is 0 Å². The summed E-state index contributed by atoms with van der Waals surface area (Å²) < 4.78 is 58.5. The maximum Gasteiger partial charge on any atom is 0.239 e. The van der Waals surface area contributed by atoms with Gasteiger partial charge in [0.15, 0.2) is 0 Å². The molecule has 2 aromatic rings. The minimum absolute atomic E-state index is 0.000402. The number of benzene rings is 2. The van der Waals surface area contributed by atoms with Gasteiger partial charge in [0.1, 0.15) is 5.25 Å². The monoisotopic (exact) mass is 519 g/mol. The van der Waals surface area contributed by atoms with Crippen LogP contribution in [-0.2, 0) is 20.0 Å². The molecule has 0 aromatic heterocycles. The van der Waals surface area contributed by atoms with E-state index in [9.17, 15) is 16.8 Å². The summed E-state index contributed by atoms with van der Waals surface area (Å²) in [5.41, 5.74) is 0.169. The molecule has 1 atom stereocenters. The van der Waals surface area contributed by atoms with Gasteiger partial charge >= 0.3 is 0 Å². The number of hydrogen-bond donors (Lipinski definition) is 2. The van der Waals surface area contributed by atoms with Crippen LogP contribution in [0.5, 0.6) is 0 Å². The molecule has 2 rings (SSSR count). The van der Waals surface area contributed by atoms with Crippen LogP contribution in [0.4, 0.5) is 0 Å². The van der Waals surface area contributed by atoms with E-state index in [0.29, 0.717) is 11.1 Å². The van der Waals surface area contributed by atoms with Gasteiger partial charge in [0, 0.05) is 16.6 Å². The SMILES string of the molecule is C/C(=C(\N=C(c1ccccc1)C(C)S(=O)(=O)NC(C)(C)C)c1ccccc1)S(=O)(=O)NC(C)(C)C. The zero-order valence-corrected chi connectivity index (χ0v) is 23.4. The Labute approximate surface area is 210 Å². The van der Waals surface area contributed by atoms with Crippen molar-refractivity contribution in [2.45, 2.75) is 71.7 Å². The Hall–Kier alpha value is -2.33. The Morgan fingerprint density at radius 1 is 0.743 bits per heavy atom. The Bertz CT molecular complexity index is 1290. The standard InChI is InChI=1S/C26H37N3O4S2/c1-19(34(30,31)28-25(3,4)5)23(21-15-11-9-12-16-21)27-24(22-17-13-10-14-18-22)20(2)35(32,33)29-26(6,7)8/h9-19,28-29H,1-8H3/b24-20+,27-23?. The maximum absolute atomic E-state index is 13.3. The molecule has 0 aliphatic carbocycles. The fraction of sp³-hybridized carbons (Fsp3) is 0.423. The lowest BCUT2D eigenvalue weighted by Crippen LogP contribution is -2.47. The third kappa shape index (κ3) is 8.38. The number of rotatable bonds is 8. The van der Waals surface area contributed by atoms with Gasteiger partial charge in [-0.3, -0.25) is 0 Å². The molecular weight excluding hydrogens is 482 g/mol. The topological polar surface area (TPSA) is 105 Å². The molecule has 0 fully saturated rings. The van der Waals surface area contributed by atoms with Crippen molar-refractivity contribution in [2.75, 3.05) is 0 Å². The van der Waals surface area contributed by atoms with Crippen LogP contribution < -0.4 is 9.44 Å². The van der Waals surface area contributed by atoms with Gasteiger partial charge in [-0.2, -0.15) is 0 Å². The van der Waals surface area contributed by atoms with Crippen LogP contribution in [0.3, 0.4) is 0 Å². The zero-order valence-electron chi connectivity index (χ0n) is 21.7. The molecule has 0 saturated heterocycles. The molecule has 0 heterocycles. The first-order chi connectivity index (χ1) is 15.9. The number of hydrogen-bond acceptors (Lipinski definition) is 5. The van der Waals surface area contributed by atoms with Crippen LogP contribution in [0.25, 0.3) is 5.70 Å². The fourth-order valence-corrected chi connectivity index (χ4v) is 6.22. The average molecular weight is 520 g/mol. The summed E-state index contributed by atoms with van der Waals surface area (Å²) in [5, 5.41) is -1.06. The van der Waals surface area contributed by atoms with E-state index < -0.39 is 36.4 Å². The third-order valence-corrected chi connectivity index (χ3v) is 8.76. The number of allylic oxidation sites excluding steroid dienone is 1. The predicted octanol–water partition coefficient (Wildman–Crippen LogP) is 4.69. The van der Waals surface area contributed by atoms with E-state index in [4.69, 9.17) is 4.99 Å². The molecular formula is C26H37N3O4S2. The van der Waals surface area contributed by atoms with E-state index in [0.717, 1.165) is 0 Å². The average Bonchev–Trinajstić information content (AvgIpc) is 2.71. The molecule has 9 heteroatoms. The molecule has 0 aliphatic heterocycles. The smallest absolute Gasteiger partial charge is 0.239 e. The van der Waals surface area contributed by atoms with Gasteiger partial charge < -0.3 is 0 Å². The molecule has 7 nitrogen and oxygen atoms in total. The maximum atomic E-state index is 13.3. The number of nitrogens with zero attached hydrogens (tertiary/aromatic N) is 1. The van der Waals surface area contributed by atoms with Gasteiger partial charge in [-0.05, 0) is 61.0 Å². The van der Waals surface area contributed by atoms with Gasteiger partial charge in [-0.25, -0.2) is 31.3 Å². The quantitative estimate of drug-likeness (QED) is 0.494. The Balaban J connectivity index is 2.86. The van der Waals surface area contributed by atoms with Crippen molar-refractivity contribution in [1.82, 2.24) is 9.44 Å². The summed E-state index contributed by atoms with van der Waals surface area (Å²) in [6, 6.07) is 17.8. The summed E-state index contributed by atoms with van der Waals surface area (Å²) in [4.78, 5) is 4.77. The van der Waals surface area contributed by atoms with E-state index >= 15 is 0 Å². The minimum Gasteiger partial charge on any atom is -0.250 e. The van der Waals surface area contributed by atoms with Crippen LogP contribution in [0.15, 0.2) is 70.6 Å². The molecule has 1 unspecified atom stereocenters. The van der Waals surface area contributed by atoms with Gasteiger partial charge in [0.2, 0.25) is 20.0 Å². The fourth-order valence-electron chi connectivity index (χ4n) is 3.33. The molecule has 0 amide bonds. The number of aliphatic imine (C=N–C) groups is 1. The van der Waals surface area contributed by atoms with Crippen molar-refractivity contribution < 1.29 is 16.8 Å². The first-order valence-electron chi connectivity index (χ1n) is 11.4. The number of nitrogens with one attached hydrogen (secondary N) is 2. The second kappa shape index (κ2) is 10.7. The van der Waals surface area contributed by atoms with E-state index in [2.05, 4.69) is 9.44 Å². The van der Waals surface area contributed by atoms with Crippen molar-refractivity contribution in [2.24, 2.45) is 4.99 Å². The summed E-state index contributed by atoms with van der Waals surface area (Å²) >= 11 is 0. The lowest BCUT2D eigenvalue weighted by Gasteiger charge is -2.25. The molecule has 0 spiro atoms. The first-order valence-corrected chi connectivity index (χ1v) is 14.4. The van der Waals surface area contributed by atoms with Crippen LogP contribution in [-0.4, -0.2) is 38.9 Å². The van der Waals surface area contributed by atoms with Crippen LogP contribution >= 0.6 is 0 Å². The molecule has 0 aliphatic rings. The first kappa shape index (κ1) is 28.9. The summed E-state index contributed by atoms with van der Waals surface area (Å²) in [6.07, 6.45) is 0. The second-order valence-corrected chi connectivity index (χ2v) is 14.4. The molecule has 192 valence electrons. The molecule has 0 radical (unpaired) electrons. The Morgan fingerprint density at radius 3 is 1.60 bits per heavy atom. The van der Waals surface area contributed by atoms with Crippen LogP contribution in [0.2, 0.25) is 0 Å². The van der Waals surface area contributed by atoms with Crippen LogP contribution in [0, 0.1) is 0 Å². The van der Waals surface area contributed by atoms with E-state index in [1.165, 1.54) is 6.92 Å². The lowest BCUT2D eigenvalue weighted by atomic mass is 10.1. The molecule has 35 heavy (non-hydrogen) atoms. The summed E-state index contributed by atoms with van der Waals surface area (Å²) in [7, 11) is -7.78. The van der Waals surface area contributed by atoms with Crippen molar-refractivity contribution in [3.8, 4) is 0 Å². The highest BCUT2D eigenvalue weighted by atomic mass is 32.2. The summed E-state index contributed by atoms with van der Waals surface area (Å²) in [5.74, 6) is 0. The Kier molecular flexibility index (Phi) is 8.87. The van der Waals surface area contributed by atoms with E-state index in [-0.39, 0.29) is 16.3 Å². The second-order valence-electron chi connectivity index (χ2n) is 10.5. The predicted molar refractivity (Wildman–Crippen MR) is 145 cm³/mol. The molecule has 2 N–H and O–H groups in total. The van der Waals surface area contributed by atoms with E-state index in [1.54, 1.807) is 97.0 Å². The number of sulfonamides is 2. The Morgan fingerprint density at radius 2 is 1.17 bits per heavy atom. The summed E-state index contributed by atoms with van der Waals surface area (Å²) in [6.45, 7) is 13.6. The van der Waals surface area contributed by atoms with Crippen molar-refractivity contribution in [1.29, 1.82) is 0 Å². The van der Waals surface area contributed by atoms with Crippen LogP contribution in [0.1, 0.15) is 66.5 Å². The molecule has 2 aromatic carbocycles. The van der Waals surface area contributed by atoms with Crippen molar-refractivity contribution >= 4 is 31.5 Å². The highest BCUT2D eigenvalue weighted by molar-refractivity contribution is 7.93. The zero-order chi connectivity index (χ0) is 26.7. The van der Waals surface area contributed by atoms with Gasteiger partial charge in [-0.1, -0.05) is 60.7 Å². The van der Waals surface area contributed by atoms with E-state index in [1.807, 2.05) is 12.1 Å².